The molecule has 0 aliphatic heterocycles. The highest BCUT2D eigenvalue weighted by molar-refractivity contribution is 5.32. The zero-order chi connectivity index (χ0) is 13.9. The molecule has 0 saturated heterocycles. The Balaban J connectivity index is 2.20. The minimum atomic E-state index is -0.604. The summed E-state index contributed by atoms with van der Waals surface area (Å²) in [6, 6.07) is 7.59. The molecule has 1 aromatic rings. The van der Waals surface area contributed by atoms with Gasteiger partial charge in [0.25, 0.3) is 0 Å². The third-order valence-corrected chi connectivity index (χ3v) is 2.83. The van der Waals surface area contributed by atoms with E-state index in [0.29, 0.717) is 19.8 Å². The Bertz CT molecular complexity index is 344. The predicted molar refractivity (Wildman–Crippen MR) is 76.2 cm³/mol. The summed E-state index contributed by atoms with van der Waals surface area (Å²) in [6.45, 7) is 3.82. The Hall–Kier alpha value is -1.10. The molecule has 0 heterocycles. The summed E-state index contributed by atoms with van der Waals surface area (Å²) in [6.07, 6.45) is 2.77. The molecule has 0 amide bonds. The Morgan fingerprint density at radius 1 is 1.21 bits per heavy atom. The van der Waals surface area contributed by atoms with Gasteiger partial charge in [-0.15, -0.1) is 0 Å². The summed E-state index contributed by atoms with van der Waals surface area (Å²) in [7, 11) is 0. The maximum absolute atomic E-state index is 9.75. The number of rotatable bonds is 10. The van der Waals surface area contributed by atoms with Crippen LogP contribution in [0.15, 0.2) is 24.3 Å². The van der Waals surface area contributed by atoms with E-state index in [2.05, 4.69) is 6.92 Å². The highest BCUT2D eigenvalue weighted by atomic mass is 16.5. The van der Waals surface area contributed by atoms with Crippen LogP contribution in [0.2, 0.25) is 0 Å². The molecule has 0 aromatic heterocycles. The van der Waals surface area contributed by atoms with Crippen LogP contribution in [0.25, 0.3) is 0 Å². The van der Waals surface area contributed by atoms with E-state index in [1.54, 1.807) is 0 Å². The lowest BCUT2D eigenvalue weighted by Gasteiger charge is -2.14. The van der Waals surface area contributed by atoms with Crippen molar-refractivity contribution in [2.45, 2.75) is 38.8 Å². The third kappa shape index (κ3) is 6.57. The fourth-order valence-corrected chi connectivity index (χ4v) is 1.72. The van der Waals surface area contributed by atoms with Crippen molar-refractivity contribution in [3.63, 3.8) is 0 Å². The van der Waals surface area contributed by atoms with Crippen LogP contribution in [0, 0.1) is 0 Å². The highest BCUT2D eigenvalue weighted by Crippen LogP contribution is 2.17. The van der Waals surface area contributed by atoms with Gasteiger partial charge < -0.3 is 20.3 Å². The fourth-order valence-electron chi connectivity index (χ4n) is 1.72. The van der Waals surface area contributed by atoms with E-state index in [0.717, 1.165) is 24.2 Å². The number of nitrogens with two attached hydrogens (primary N) is 1. The first kappa shape index (κ1) is 16.0. The van der Waals surface area contributed by atoms with Crippen molar-refractivity contribution in [2.24, 2.45) is 5.73 Å². The molecule has 3 N–H and O–H groups in total. The number of hydrogen-bond acceptors (Lipinski definition) is 4. The molecule has 1 unspecified atom stereocenters. The van der Waals surface area contributed by atoms with E-state index in [1.165, 1.54) is 6.42 Å². The van der Waals surface area contributed by atoms with E-state index < -0.39 is 6.10 Å². The minimum absolute atomic E-state index is 0.227. The highest BCUT2D eigenvalue weighted by Gasteiger charge is 2.07. The Labute approximate surface area is 115 Å². The van der Waals surface area contributed by atoms with E-state index in [1.807, 2.05) is 24.3 Å². The maximum Gasteiger partial charge on any atom is 0.123 e. The molecule has 0 radical (unpaired) electrons. The largest absolute Gasteiger partial charge is 0.490 e. The molecule has 0 bridgehead atoms. The smallest absolute Gasteiger partial charge is 0.123 e. The van der Waals surface area contributed by atoms with Gasteiger partial charge in [0.1, 0.15) is 18.5 Å². The second-order valence-electron chi connectivity index (χ2n) is 4.56. The van der Waals surface area contributed by atoms with Crippen LogP contribution < -0.4 is 10.5 Å². The van der Waals surface area contributed by atoms with Crippen molar-refractivity contribution in [3.05, 3.63) is 29.8 Å². The van der Waals surface area contributed by atoms with E-state index >= 15 is 0 Å². The number of benzene rings is 1. The molecule has 0 spiro atoms. The first-order valence-corrected chi connectivity index (χ1v) is 6.94. The zero-order valence-electron chi connectivity index (χ0n) is 11.7. The van der Waals surface area contributed by atoms with Crippen molar-refractivity contribution in [1.82, 2.24) is 0 Å². The molecule has 0 fully saturated rings. The standard InChI is InChI=1S/C15H25NO3/c1-2-3-6-9-18-11-14(17)12-19-15-8-5-4-7-13(15)10-16/h4-5,7-8,14,17H,2-3,6,9-12,16H2,1H3. The molecule has 1 atom stereocenters. The van der Waals surface area contributed by atoms with Gasteiger partial charge in [0.05, 0.1) is 6.61 Å². The molecule has 0 aliphatic rings. The van der Waals surface area contributed by atoms with E-state index in [-0.39, 0.29) is 6.61 Å². The first-order chi connectivity index (χ1) is 9.27. The Morgan fingerprint density at radius 2 is 2.00 bits per heavy atom. The van der Waals surface area contributed by atoms with Crippen LogP contribution >= 0.6 is 0 Å². The second-order valence-corrected chi connectivity index (χ2v) is 4.56. The summed E-state index contributed by atoms with van der Waals surface area (Å²) < 4.78 is 10.9. The average Bonchev–Trinajstić information content (AvgIpc) is 2.45. The normalized spacial score (nSPS) is 12.4. The predicted octanol–water partition coefficient (Wildman–Crippen LogP) is 2.09. The lowest BCUT2D eigenvalue weighted by Crippen LogP contribution is -2.24. The van der Waals surface area contributed by atoms with E-state index in [9.17, 15) is 5.11 Å². The number of hydrogen-bond donors (Lipinski definition) is 2. The molecule has 19 heavy (non-hydrogen) atoms. The third-order valence-electron chi connectivity index (χ3n) is 2.83. The molecule has 4 nitrogen and oxygen atoms in total. The van der Waals surface area contributed by atoms with Crippen LogP contribution in [0.5, 0.6) is 5.75 Å². The number of unbranched alkanes of at least 4 members (excludes halogenated alkanes) is 2. The zero-order valence-corrected chi connectivity index (χ0v) is 11.7. The quantitative estimate of drug-likeness (QED) is 0.637. The molecule has 0 aliphatic carbocycles. The molecule has 1 rings (SSSR count). The van der Waals surface area contributed by atoms with Crippen LogP contribution in [0.4, 0.5) is 0 Å². The average molecular weight is 267 g/mol. The summed E-state index contributed by atoms with van der Waals surface area (Å²) in [5.41, 5.74) is 6.56. The van der Waals surface area contributed by atoms with Crippen LogP contribution in [0.3, 0.4) is 0 Å². The molecule has 108 valence electrons. The topological polar surface area (TPSA) is 64.7 Å². The Kier molecular flexibility index (Phi) is 8.21. The van der Waals surface area contributed by atoms with Gasteiger partial charge in [-0.1, -0.05) is 38.0 Å². The van der Waals surface area contributed by atoms with Crippen LogP contribution in [-0.4, -0.2) is 31.0 Å². The number of para-hydroxylation sites is 1. The van der Waals surface area contributed by atoms with Gasteiger partial charge in [-0.25, -0.2) is 0 Å². The number of aliphatic hydroxyl groups excluding tert-OH is 1. The van der Waals surface area contributed by atoms with Gasteiger partial charge in [0.2, 0.25) is 0 Å². The maximum atomic E-state index is 9.75. The van der Waals surface area contributed by atoms with Crippen molar-refractivity contribution < 1.29 is 14.6 Å². The van der Waals surface area contributed by atoms with E-state index in [4.69, 9.17) is 15.2 Å². The van der Waals surface area contributed by atoms with Gasteiger partial charge in [-0.2, -0.15) is 0 Å². The molecular weight excluding hydrogens is 242 g/mol. The molecular formula is C15H25NO3. The number of ether oxygens (including phenoxy) is 2. The summed E-state index contributed by atoms with van der Waals surface area (Å²) >= 11 is 0. The van der Waals surface area contributed by atoms with Crippen molar-refractivity contribution in [3.8, 4) is 5.75 Å². The van der Waals surface area contributed by atoms with Gasteiger partial charge in [0.15, 0.2) is 0 Å². The van der Waals surface area contributed by atoms with Gasteiger partial charge >= 0.3 is 0 Å². The van der Waals surface area contributed by atoms with Crippen LogP contribution in [0.1, 0.15) is 31.7 Å². The lowest BCUT2D eigenvalue weighted by atomic mass is 10.2. The fraction of sp³-hybridized carbons (Fsp3) is 0.600. The van der Waals surface area contributed by atoms with Crippen molar-refractivity contribution in [1.29, 1.82) is 0 Å². The van der Waals surface area contributed by atoms with Gasteiger partial charge in [-0.3, -0.25) is 0 Å². The van der Waals surface area contributed by atoms with Gasteiger partial charge in [0, 0.05) is 18.7 Å². The summed E-state index contributed by atoms with van der Waals surface area (Å²) in [5.74, 6) is 0.732. The van der Waals surface area contributed by atoms with Gasteiger partial charge in [-0.05, 0) is 12.5 Å². The van der Waals surface area contributed by atoms with Crippen molar-refractivity contribution in [2.75, 3.05) is 19.8 Å². The SMILES string of the molecule is CCCCCOCC(O)COc1ccccc1CN. The molecule has 4 heteroatoms. The minimum Gasteiger partial charge on any atom is -0.490 e. The summed E-state index contributed by atoms with van der Waals surface area (Å²) in [4.78, 5) is 0. The van der Waals surface area contributed by atoms with Crippen LogP contribution in [-0.2, 0) is 11.3 Å². The molecule has 1 aromatic carbocycles. The second kappa shape index (κ2) is 9.78. The Morgan fingerprint density at radius 3 is 2.74 bits per heavy atom. The summed E-state index contributed by atoms with van der Waals surface area (Å²) in [5, 5.41) is 9.75. The molecule has 0 saturated carbocycles. The number of aliphatic hydroxyl groups is 1. The lowest BCUT2D eigenvalue weighted by molar-refractivity contribution is 0.0109. The first-order valence-electron chi connectivity index (χ1n) is 6.94. The monoisotopic (exact) mass is 267 g/mol. The van der Waals surface area contributed by atoms with Crippen molar-refractivity contribution >= 4 is 0 Å².